The number of aryl methyl sites for hydroxylation is 1. The number of aromatic nitrogens is 1. The summed E-state index contributed by atoms with van der Waals surface area (Å²) in [5, 5.41) is 0. The van der Waals surface area contributed by atoms with Gasteiger partial charge in [0.05, 0.1) is 24.9 Å². The number of hydrogen-bond acceptors (Lipinski definition) is 5. The molecule has 0 atom stereocenters. The van der Waals surface area contributed by atoms with Gasteiger partial charge in [0.15, 0.2) is 0 Å². The number of methoxy groups -OCH3 is 1. The van der Waals surface area contributed by atoms with Crippen molar-refractivity contribution in [2.45, 2.75) is 45.1 Å². The summed E-state index contributed by atoms with van der Waals surface area (Å²) >= 11 is 1.70. The van der Waals surface area contributed by atoms with Crippen LogP contribution >= 0.6 is 11.3 Å². The fourth-order valence-corrected chi connectivity index (χ4v) is 3.47. The maximum absolute atomic E-state index is 11.5. The first-order valence-electron chi connectivity index (χ1n) is 6.90. The minimum absolute atomic E-state index is 0.132. The number of ether oxygens (including phenoxy) is 1. The molecule has 1 fully saturated rings. The van der Waals surface area contributed by atoms with E-state index in [9.17, 15) is 4.79 Å². The smallest absolute Gasteiger partial charge is 0.319 e. The van der Waals surface area contributed by atoms with Gasteiger partial charge in [0.2, 0.25) is 0 Å². The topological polar surface area (TPSA) is 42.4 Å². The van der Waals surface area contributed by atoms with Crippen LogP contribution in [0, 0.1) is 6.92 Å². The highest BCUT2D eigenvalue weighted by molar-refractivity contribution is 7.09. The lowest BCUT2D eigenvalue weighted by atomic mass is 10.2. The number of carbonyl (C=O) groups is 1. The molecule has 0 bridgehead atoms. The Morgan fingerprint density at radius 3 is 2.84 bits per heavy atom. The van der Waals surface area contributed by atoms with Crippen molar-refractivity contribution in [1.29, 1.82) is 0 Å². The molecule has 1 aromatic rings. The minimum Gasteiger partial charge on any atom is -0.468 e. The van der Waals surface area contributed by atoms with E-state index in [-0.39, 0.29) is 5.97 Å². The second-order valence-electron chi connectivity index (χ2n) is 5.10. The predicted octanol–water partition coefficient (Wildman–Crippen LogP) is 2.41. The lowest BCUT2D eigenvalue weighted by Crippen LogP contribution is -2.39. The molecule has 1 heterocycles. The average molecular weight is 282 g/mol. The maximum atomic E-state index is 11.5. The van der Waals surface area contributed by atoms with Crippen LogP contribution in [-0.2, 0) is 16.0 Å². The van der Waals surface area contributed by atoms with Gasteiger partial charge in [-0.1, -0.05) is 12.8 Å². The Bertz CT molecular complexity index is 413. The van der Waals surface area contributed by atoms with Crippen molar-refractivity contribution in [3.05, 3.63) is 16.1 Å². The van der Waals surface area contributed by atoms with E-state index < -0.39 is 0 Å². The van der Waals surface area contributed by atoms with Gasteiger partial charge in [-0.3, -0.25) is 9.69 Å². The third-order valence-corrected chi connectivity index (χ3v) is 4.87. The summed E-state index contributed by atoms with van der Waals surface area (Å²) in [7, 11) is 1.46. The zero-order chi connectivity index (χ0) is 13.7. The highest BCUT2D eigenvalue weighted by Gasteiger charge is 2.24. The standard InChI is InChI=1S/C14H22N2O2S/c1-11-13(19-10-15-11)7-8-16(9-14(17)18-2)12-5-3-4-6-12/h10,12H,3-9H2,1-2H3. The number of rotatable bonds is 6. The van der Waals surface area contributed by atoms with Gasteiger partial charge in [0.1, 0.15) is 0 Å². The van der Waals surface area contributed by atoms with Crippen molar-refractivity contribution in [3.8, 4) is 0 Å². The normalized spacial score (nSPS) is 16.2. The zero-order valence-corrected chi connectivity index (χ0v) is 12.5. The van der Waals surface area contributed by atoms with E-state index in [4.69, 9.17) is 4.74 Å². The van der Waals surface area contributed by atoms with Crippen molar-refractivity contribution in [3.63, 3.8) is 0 Å². The fraction of sp³-hybridized carbons (Fsp3) is 0.714. The molecule has 4 nitrogen and oxygen atoms in total. The lowest BCUT2D eigenvalue weighted by Gasteiger charge is -2.27. The van der Waals surface area contributed by atoms with Crippen LogP contribution in [0.15, 0.2) is 5.51 Å². The van der Waals surface area contributed by atoms with E-state index in [1.807, 2.05) is 12.4 Å². The third kappa shape index (κ3) is 4.01. The first-order valence-corrected chi connectivity index (χ1v) is 7.78. The Morgan fingerprint density at radius 1 is 1.53 bits per heavy atom. The first kappa shape index (κ1) is 14.5. The SMILES string of the molecule is COC(=O)CN(CCc1scnc1C)C1CCCC1. The third-order valence-electron chi connectivity index (χ3n) is 3.87. The van der Waals surface area contributed by atoms with Crippen LogP contribution in [0.25, 0.3) is 0 Å². The average Bonchev–Trinajstić information content (AvgIpc) is 3.06. The van der Waals surface area contributed by atoms with E-state index in [2.05, 4.69) is 9.88 Å². The summed E-state index contributed by atoms with van der Waals surface area (Å²) in [4.78, 5) is 19.4. The first-order chi connectivity index (χ1) is 9.20. The van der Waals surface area contributed by atoms with Crippen molar-refractivity contribution >= 4 is 17.3 Å². The van der Waals surface area contributed by atoms with E-state index >= 15 is 0 Å². The maximum Gasteiger partial charge on any atom is 0.319 e. The van der Waals surface area contributed by atoms with Gasteiger partial charge >= 0.3 is 5.97 Å². The largest absolute Gasteiger partial charge is 0.468 e. The van der Waals surface area contributed by atoms with Crippen LogP contribution < -0.4 is 0 Å². The molecule has 106 valence electrons. The van der Waals surface area contributed by atoms with Crippen molar-refractivity contribution in [1.82, 2.24) is 9.88 Å². The van der Waals surface area contributed by atoms with Crippen molar-refractivity contribution < 1.29 is 9.53 Å². The van der Waals surface area contributed by atoms with Crippen LogP contribution in [0.1, 0.15) is 36.3 Å². The molecule has 0 aliphatic heterocycles. The predicted molar refractivity (Wildman–Crippen MR) is 76.4 cm³/mol. The fourth-order valence-electron chi connectivity index (χ4n) is 2.70. The molecule has 0 saturated heterocycles. The van der Waals surface area contributed by atoms with Gasteiger partial charge in [0, 0.05) is 17.5 Å². The Kier molecular flexibility index (Phi) is 5.34. The van der Waals surface area contributed by atoms with Gasteiger partial charge in [-0.15, -0.1) is 11.3 Å². The van der Waals surface area contributed by atoms with E-state index in [0.717, 1.165) is 18.7 Å². The molecule has 19 heavy (non-hydrogen) atoms. The van der Waals surface area contributed by atoms with Crippen LogP contribution in [0.3, 0.4) is 0 Å². The Labute approximate surface area is 118 Å². The van der Waals surface area contributed by atoms with Crippen LogP contribution in [0.4, 0.5) is 0 Å². The highest BCUT2D eigenvalue weighted by Crippen LogP contribution is 2.24. The Hall–Kier alpha value is -0.940. The van der Waals surface area contributed by atoms with Gasteiger partial charge in [-0.2, -0.15) is 0 Å². The molecule has 0 N–H and O–H groups in total. The number of hydrogen-bond donors (Lipinski definition) is 0. The van der Waals surface area contributed by atoms with Crippen LogP contribution in [0.2, 0.25) is 0 Å². The highest BCUT2D eigenvalue weighted by atomic mass is 32.1. The molecule has 1 aliphatic carbocycles. The summed E-state index contributed by atoms with van der Waals surface area (Å²) in [5.74, 6) is -0.132. The van der Waals surface area contributed by atoms with Gasteiger partial charge in [0.25, 0.3) is 0 Å². The zero-order valence-electron chi connectivity index (χ0n) is 11.7. The molecule has 2 rings (SSSR count). The van der Waals surface area contributed by atoms with Crippen LogP contribution in [0.5, 0.6) is 0 Å². The number of thiazole rings is 1. The summed E-state index contributed by atoms with van der Waals surface area (Å²) in [6.07, 6.45) is 5.95. The molecular weight excluding hydrogens is 260 g/mol. The van der Waals surface area contributed by atoms with E-state index in [1.54, 1.807) is 11.3 Å². The molecule has 0 unspecified atom stereocenters. The number of nitrogens with zero attached hydrogens (tertiary/aromatic N) is 2. The van der Waals surface area contributed by atoms with Crippen LogP contribution in [-0.4, -0.2) is 42.1 Å². The number of esters is 1. The second kappa shape index (κ2) is 7.01. The van der Waals surface area contributed by atoms with Gasteiger partial charge in [-0.25, -0.2) is 4.98 Å². The minimum atomic E-state index is -0.132. The molecule has 1 saturated carbocycles. The molecule has 0 amide bonds. The van der Waals surface area contributed by atoms with Crippen molar-refractivity contribution in [2.24, 2.45) is 0 Å². The molecular formula is C14H22N2O2S. The molecule has 1 aliphatic rings. The molecule has 0 spiro atoms. The molecule has 0 aromatic carbocycles. The summed E-state index contributed by atoms with van der Waals surface area (Å²) in [6.45, 7) is 3.38. The Balaban J connectivity index is 1.92. The molecule has 1 aromatic heterocycles. The second-order valence-corrected chi connectivity index (χ2v) is 6.04. The van der Waals surface area contributed by atoms with Gasteiger partial charge in [-0.05, 0) is 26.2 Å². The molecule has 5 heteroatoms. The number of carbonyl (C=O) groups excluding carboxylic acids is 1. The summed E-state index contributed by atoms with van der Waals surface area (Å²) < 4.78 is 4.81. The lowest BCUT2D eigenvalue weighted by molar-refractivity contribution is -0.142. The molecule has 0 radical (unpaired) electrons. The monoisotopic (exact) mass is 282 g/mol. The summed E-state index contributed by atoms with van der Waals surface area (Å²) in [6, 6.07) is 0.548. The van der Waals surface area contributed by atoms with E-state index in [1.165, 1.54) is 37.7 Å². The Morgan fingerprint density at radius 2 is 2.26 bits per heavy atom. The van der Waals surface area contributed by atoms with Crippen molar-refractivity contribution in [2.75, 3.05) is 20.2 Å². The van der Waals surface area contributed by atoms with E-state index in [0.29, 0.717) is 12.6 Å². The summed E-state index contributed by atoms with van der Waals surface area (Å²) in [5.41, 5.74) is 3.01. The van der Waals surface area contributed by atoms with Gasteiger partial charge < -0.3 is 4.74 Å². The quantitative estimate of drug-likeness (QED) is 0.752.